The highest BCUT2D eigenvalue weighted by molar-refractivity contribution is 7.91. The first-order valence-corrected chi connectivity index (χ1v) is 7.07. The van der Waals surface area contributed by atoms with Gasteiger partial charge in [0.05, 0.1) is 10.6 Å². The van der Waals surface area contributed by atoms with Gasteiger partial charge >= 0.3 is 0 Å². The summed E-state index contributed by atoms with van der Waals surface area (Å²) in [6.45, 7) is 4.47. The maximum Gasteiger partial charge on any atom is 0.178 e. The number of hydrogen-bond acceptors (Lipinski definition) is 3. The van der Waals surface area contributed by atoms with Crippen molar-refractivity contribution in [3.05, 3.63) is 29.3 Å². The Bertz CT molecular complexity index is 452. The quantitative estimate of drug-likeness (QED) is 0.798. The zero-order valence-electron chi connectivity index (χ0n) is 10.1. The lowest BCUT2D eigenvalue weighted by Crippen LogP contribution is -2.15. The second-order valence-corrected chi connectivity index (χ2v) is 6.12. The predicted molar refractivity (Wildman–Crippen MR) is 66.5 cm³/mol. The average Bonchev–Trinajstić information content (AvgIpc) is 2.22. The van der Waals surface area contributed by atoms with E-state index in [1.165, 1.54) is 0 Å². The van der Waals surface area contributed by atoms with Crippen LogP contribution in [0.5, 0.6) is 0 Å². The molecule has 1 aromatic carbocycles. The summed E-state index contributed by atoms with van der Waals surface area (Å²) < 4.78 is 24.1. The van der Waals surface area contributed by atoms with Gasteiger partial charge in [-0.15, -0.1) is 0 Å². The molecule has 0 fully saturated rings. The normalized spacial score (nSPS) is 11.7. The van der Waals surface area contributed by atoms with Gasteiger partial charge in [-0.2, -0.15) is 0 Å². The minimum atomic E-state index is -3.13. The van der Waals surface area contributed by atoms with Gasteiger partial charge in [-0.05, 0) is 51.1 Å². The van der Waals surface area contributed by atoms with Gasteiger partial charge in [0, 0.05) is 0 Å². The van der Waals surface area contributed by atoms with Crippen molar-refractivity contribution in [3.63, 3.8) is 0 Å². The van der Waals surface area contributed by atoms with Crippen LogP contribution in [0.15, 0.2) is 23.1 Å². The van der Waals surface area contributed by atoms with Crippen molar-refractivity contribution >= 4 is 9.84 Å². The van der Waals surface area contributed by atoms with Gasteiger partial charge in [0.1, 0.15) is 0 Å². The first kappa shape index (κ1) is 13.2. The van der Waals surface area contributed by atoms with Gasteiger partial charge in [-0.25, -0.2) is 8.42 Å². The van der Waals surface area contributed by atoms with Crippen molar-refractivity contribution in [1.29, 1.82) is 0 Å². The number of rotatable bonds is 5. The number of nitrogens with one attached hydrogen (secondary N) is 1. The molecule has 1 N–H and O–H groups in total. The Morgan fingerprint density at radius 3 is 2.56 bits per heavy atom. The minimum absolute atomic E-state index is 0.206. The third-order valence-electron chi connectivity index (χ3n) is 2.52. The second kappa shape index (κ2) is 5.46. The zero-order valence-corrected chi connectivity index (χ0v) is 10.9. The summed E-state index contributed by atoms with van der Waals surface area (Å²) >= 11 is 0. The van der Waals surface area contributed by atoms with Crippen LogP contribution < -0.4 is 5.32 Å². The van der Waals surface area contributed by atoms with E-state index in [-0.39, 0.29) is 5.75 Å². The van der Waals surface area contributed by atoms with E-state index in [1.807, 2.05) is 33.0 Å². The molecular formula is C12H19NO2S. The van der Waals surface area contributed by atoms with E-state index in [4.69, 9.17) is 0 Å². The Labute approximate surface area is 97.8 Å². The molecule has 1 rings (SSSR count). The summed E-state index contributed by atoms with van der Waals surface area (Å²) in [5.74, 6) is 0.206. The van der Waals surface area contributed by atoms with E-state index in [9.17, 15) is 8.42 Å². The van der Waals surface area contributed by atoms with Crippen LogP contribution in [0.3, 0.4) is 0 Å². The fourth-order valence-electron chi connectivity index (χ4n) is 1.59. The van der Waals surface area contributed by atoms with Crippen LogP contribution in [-0.4, -0.2) is 27.8 Å². The third-order valence-corrected chi connectivity index (χ3v) is 4.45. The smallest absolute Gasteiger partial charge is 0.178 e. The van der Waals surface area contributed by atoms with Crippen LogP contribution in [0, 0.1) is 13.8 Å². The molecule has 0 unspecified atom stereocenters. The maximum atomic E-state index is 12.1. The molecule has 16 heavy (non-hydrogen) atoms. The third kappa shape index (κ3) is 3.32. The monoisotopic (exact) mass is 241 g/mol. The summed E-state index contributed by atoms with van der Waals surface area (Å²) in [4.78, 5) is 0.476. The number of benzene rings is 1. The summed E-state index contributed by atoms with van der Waals surface area (Å²) in [5.41, 5.74) is 1.81. The molecule has 0 aliphatic rings. The maximum absolute atomic E-state index is 12.1. The lowest BCUT2D eigenvalue weighted by atomic mass is 10.2. The molecule has 0 atom stereocenters. The topological polar surface area (TPSA) is 46.2 Å². The summed E-state index contributed by atoms with van der Waals surface area (Å²) in [6, 6.07) is 5.55. The van der Waals surface area contributed by atoms with Gasteiger partial charge < -0.3 is 5.32 Å². The van der Waals surface area contributed by atoms with Gasteiger partial charge in [0.2, 0.25) is 0 Å². The summed E-state index contributed by atoms with van der Waals surface area (Å²) in [6.07, 6.45) is 0.645. The van der Waals surface area contributed by atoms with E-state index in [0.717, 1.165) is 17.7 Å². The van der Waals surface area contributed by atoms with Crippen molar-refractivity contribution in [1.82, 2.24) is 5.32 Å². The van der Waals surface area contributed by atoms with E-state index in [1.54, 1.807) is 6.07 Å². The lowest BCUT2D eigenvalue weighted by Gasteiger charge is -2.08. The van der Waals surface area contributed by atoms with Gasteiger partial charge in [0.25, 0.3) is 0 Å². The molecular weight excluding hydrogens is 222 g/mol. The molecule has 0 radical (unpaired) electrons. The average molecular weight is 241 g/mol. The molecule has 0 aromatic heterocycles. The van der Waals surface area contributed by atoms with E-state index >= 15 is 0 Å². The van der Waals surface area contributed by atoms with Gasteiger partial charge in [-0.1, -0.05) is 12.1 Å². The highest BCUT2D eigenvalue weighted by atomic mass is 32.2. The minimum Gasteiger partial charge on any atom is -0.320 e. The second-order valence-electron chi connectivity index (χ2n) is 4.04. The molecule has 4 heteroatoms. The number of aryl methyl sites for hydroxylation is 2. The highest BCUT2D eigenvalue weighted by Gasteiger charge is 2.16. The Morgan fingerprint density at radius 1 is 1.25 bits per heavy atom. The molecule has 90 valence electrons. The predicted octanol–water partition coefficient (Wildman–Crippen LogP) is 1.69. The van der Waals surface area contributed by atoms with Crippen LogP contribution >= 0.6 is 0 Å². The zero-order chi connectivity index (χ0) is 12.2. The van der Waals surface area contributed by atoms with Crippen molar-refractivity contribution in [3.8, 4) is 0 Å². The first-order chi connectivity index (χ1) is 7.47. The van der Waals surface area contributed by atoms with Crippen LogP contribution in [0.4, 0.5) is 0 Å². The van der Waals surface area contributed by atoms with E-state index < -0.39 is 9.84 Å². The van der Waals surface area contributed by atoms with E-state index in [2.05, 4.69) is 5.32 Å². The largest absolute Gasteiger partial charge is 0.320 e. The molecule has 0 spiro atoms. The molecule has 0 saturated carbocycles. The lowest BCUT2D eigenvalue weighted by molar-refractivity contribution is 0.591. The van der Waals surface area contributed by atoms with Crippen molar-refractivity contribution in [2.45, 2.75) is 25.2 Å². The molecule has 0 heterocycles. The Hall–Kier alpha value is -0.870. The van der Waals surface area contributed by atoms with Crippen molar-refractivity contribution in [2.75, 3.05) is 19.3 Å². The molecule has 0 amide bonds. The van der Waals surface area contributed by atoms with Crippen LogP contribution in [0.1, 0.15) is 17.5 Å². The molecule has 0 saturated heterocycles. The van der Waals surface area contributed by atoms with Gasteiger partial charge in [0.15, 0.2) is 9.84 Å². The first-order valence-electron chi connectivity index (χ1n) is 5.42. The fourth-order valence-corrected chi connectivity index (χ4v) is 3.26. The Morgan fingerprint density at radius 2 is 1.94 bits per heavy atom. The van der Waals surface area contributed by atoms with Crippen LogP contribution in [0.2, 0.25) is 0 Å². The van der Waals surface area contributed by atoms with Crippen LogP contribution in [0.25, 0.3) is 0 Å². The molecule has 0 aliphatic carbocycles. The Balaban J connectivity index is 2.93. The highest BCUT2D eigenvalue weighted by Crippen LogP contribution is 2.18. The number of sulfone groups is 1. The molecule has 0 aliphatic heterocycles. The molecule has 3 nitrogen and oxygen atoms in total. The summed E-state index contributed by atoms with van der Waals surface area (Å²) in [5, 5.41) is 2.95. The van der Waals surface area contributed by atoms with Crippen LogP contribution in [-0.2, 0) is 9.84 Å². The standard InChI is InChI=1S/C12H19NO2S/c1-10-5-6-11(2)12(9-10)16(14,15)8-4-7-13-3/h5-6,9,13H,4,7-8H2,1-3H3. The van der Waals surface area contributed by atoms with Gasteiger partial charge in [-0.3, -0.25) is 0 Å². The molecule has 0 bridgehead atoms. The number of hydrogen-bond donors (Lipinski definition) is 1. The van der Waals surface area contributed by atoms with E-state index in [0.29, 0.717) is 11.3 Å². The van der Waals surface area contributed by atoms with Crippen molar-refractivity contribution in [2.24, 2.45) is 0 Å². The SMILES string of the molecule is CNCCCS(=O)(=O)c1cc(C)ccc1C. The summed E-state index contributed by atoms with van der Waals surface area (Å²) in [7, 11) is -1.30. The Kier molecular flexibility index (Phi) is 4.50. The van der Waals surface area contributed by atoms with Crippen molar-refractivity contribution < 1.29 is 8.42 Å². The molecule has 1 aromatic rings. The fraction of sp³-hybridized carbons (Fsp3) is 0.500.